The lowest BCUT2D eigenvalue weighted by Crippen LogP contribution is -2.35. The van der Waals surface area contributed by atoms with Crippen molar-refractivity contribution in [3.63, 3.8) is 0 Å². The molecule has 1 fully saturated rings. The number of rotatable bonds is 5. The van der Waals surface area contributed by atoms with E-state index in [2.05, 4.69) is 17.2 Å². The van der Waals surface area contributed by atoms with Crippen LogP contribution in [-0.2, 0) is 11.2 Å². The van der Waals surface area contributed by atoms with Gasteiger partial charge in [-0.3, -0.25) is 14.9 Å². The van der Waals surface area contributed by atoms with Gasteiger partial charge in [-0.2, -0.15) is 0 Å². The molecule has 0 bridgehead atoms. The molecule has 0 spiro atoms. The standard InChI is InChI=1S/C18H22N4O2S/c1-12-7-13(9-19)10-22(12)16(23)8-15-11-25-18(20-15)21-17(24)14-5-3-2-4-6-14/h2-6,11-13H,7-10,19H2,1H3,(H,20,21,24). The van der Waals surface area contributed by atoms with Gasteiger partial charge in [-0.25, -0.2) is 4.98 Å². The van der Waals surface area contributed by atoms with E-state index in [-0.39, 0.29) is 24.3 Å². The Labute approximate surface area is 151 Å². The Kier molecular flexibility index (Phi) is 5.45. The monoisotopic (exact) mass is 358 g/mol. The van der Waals surface area contributed by atoms with Gasteiger partial charge in [0.25, 0.3) is 5.91 Å². The molecule has 2 aromatic rings. The quantitative estimate of drug-likeness (QED) is 0.857. The van der Waals surface area contributed by atoms with Gasteiger partial charge in [-0.1, -0.05) is 18.2 Å². The van der Waals surface area contributed by atoms with Crippen LogP contribution in [0.2, 0.25) is 0 Å². The smallest absolute Gasteiger partial charge is 0.257 e. The first-order valence-electron chi connectivity index (χ1n) is 8.37. The number of nitrogens with one attached hydrogen (secondary N) is 1. The average Bonchev–Trinajstić information content (AvgIpc) is 3.21. The van der Waals surface area contributed by atoms with Crippen molar-refractivity contribution < 1.29 is 9.59 Å². The minimum absolute atomic E-state index is 0.0645. The Morgan fingerprint density at radius 2 is 2.12 bits per heavy atom. The molecule has 7 heteroatoms. The van der Waals surface area contributed by atoms with Crippen LogP contribution < -0.4 is 11.1 Å². The van der Waals surface area contributed by atoms with E-state index in [9.17, 15) is 9.59 Å². The van der Waals surface area contributed by atoms with E-state index in [1.165, 1.54) is 11.3 Å². The SMILES string of the molecule is CC1CC(CN)CN1C(=O)Cc1csc(NC(=O)c2ccccc2)n1. The molecular formula is C18H22N4O2S. The Bertz CT molecular complexity index is 747. The number of amides is 2. The molecule has 0 radical (unpaired) electrons. The zero-order valence-electron chi connectivity index (χ0n) is 14.1. The third kappa shape index (κ3) is 4.24. The number of carbonyl (C=O) groups is 2. The van der Waals surface area contributed by atoms with Crippen molar-refractivity contribution in [2.45, 2.75) is 25.8 Å². The number of anilines is 1. The summed E-state index contributed by atoms with van der Waals surface area (Å²) in [5.41, 5.74) is 6.98. The van der Waals surface area contributed by atoms with Crippen molar-refractivity contribution in [3.05, 3.63) is 47.0 Å². The van der Waals surface area contributed by atoms with Crippen molar-refractivity contribution in [2.24, 2.45) is 11.7 Å². The van der Waals surface area contributed by atoms with Crippen LogP contribution in [0.5, 0.6) is 0 Å². The zero-order valence-corrected chi connectivity index (χ0v) is 15.0. The molecule has 2 atom stereocenters. The highest BCUT2D eigenvalue weighted by Crippen LogP contribution is 2.24. The summed E-state index contributed by atoms with van der Waals surface area (Å²) in [6.07, 6.45) is 1.21. The minimum Gasteiger partial charge on any atom is -0.339 e. The van der Waals surface area contributed by atoms with Gasteiger partial charge in [0.05, 0.1) is 12.1 Å². The summed E-state index contributed by atoms with van der Waals surface area (Å²) in [6.45, 7) is 3.39. The molecule has 1 aromatic heterocycles. The number of nitrogens with zero attached hydrogens (tertiary/aromatic N) is 2. The molecule has 25 heavy (non-hydrogen) atoms. The normalized spacial score (nSPS) is 19.8. The maximum absolute atomic E-state index is 12.5. The summed E-state index contributed by atoms with van der Waals surface area (Å²) in [7, 11) is 0. The van der Waals surface area contributed by atoms with Gasteiger partial charge in [0.15, 0.2) is 5.13 Å². The summed E-state index contributed by atoms with van der Waals surface area (Å²) in [5, 5.41) is 5.10. The van der Waals surface area contributed by atoms with Crippen molar-refractivity contribution in [2.75, 3.05) is 18.4 Å². The highest BCUT2D eigenvalue weighted by Gasteiger charge is 2.31. The number of benzene rings is 1. The third-order valence-electron chi connectivity index (χ3n) is 4.46. The second-order valence-electron chi connectivity index (χ2n) is 6.37. The Hall–Kier alpha value is -2.25. The Balaban J connectivity index is 1.58. The van der Waals surface area contributed by atoms with Crippen LogP contribution in [0.3, 0.4) is 0 Å². The highest BCUT2D eigenvalue weighted by molar-refractivity contribution is 7.14. The highest BCUT2D eigenvalue weighted by atomic mass is 32.1. The molecule has 1 saturated heterocycles. The maximum Gasteiger partial charge on any atom is 0.257 e. The molecule has 0 aliphatic carbocycles. The van der Waals surface area contributed by atoms with Crippen molar-refractivity contribution in [1.82, 2.24) is 9.88 Å². The lowest BCUT2D eigenvalue weighted by atomic mass is 10.1. The van der Waals surface area contributed by atoms with Crippen LogP contribution in [0, 0.1) is 5.92 Å². The van der Waals surface area contributed by atoms with Crippen molar-refractivity contribution >= 4 is 28.3 Å². The molecule has 1 aromatic carbocycles. The fourth-order valence-corrected chi connectivity index (χ4v) is 3.83. The van der Waals surface area contributed by atoms with Crippen LogP contribution in [0.25, 0.3) is 0 Å². The molecule has 6 nitrogen and oxygen atoms in total. The van der Waals surface area contributed by atoms with E-state index in [0.29, 0.717) is 28.9 Å². The summed E-state index contributed by atoms with van der Waals surface area (Å²) in [5.74, 6) is 0.247. The first kappa shape index (κ1) is 17.6. The first-order valence-corrected chi connectivity index (χ1v) is 9.25. The summed E-state index contributed by atoms with van der Waals surface area (Å²) in [6, 6.07) is 9.20. The number of carbonyl (C=O) groups excluding carboxylic acids is 2. The Morgan fingerprint density at radius 3 is 2.80 bits per heavy atom. The van der Waals surface area contributed by atoms with Gasteiger partial charge in [0.1, 0.15) is 0 Å². The predicted molar refractivity (Wildman–Crippen MR) is 98.5 cm³/mol. The van der Waals surface area contributed by atoms with Crippen LogP contribution in [0.15, 0.2) is 35.7 Å². The average molecular weight is 358 g/mol. The van der Waals surface area contributed by atoms with Crippen LogP contribution in [-0.4, -0.2) is 40.8 Å². The molecule has 3 N–H and O–H groups in total. The lowest BCUT2D eigenvalue weighted by molar-refractivity contribution is -0.131. The van der Waals surface area contributed by atoms with Gasteiger partial charge in [0.2, 0.25) is 5.91 Å². The molecule has 1 aliphatic rings. The summed E-state index contributed by atoms with van der Waals surface area (Å²) in [4.78, 5) is 30.9. The summed E-state index contributed by atoms with van der Waals surface area (Å²) >= 11 is 1.33. The van der Waals surface area contributed by atoms with E-state index in [4.69, 9.17) is 5.73 Å². The first-order chi connectivity index (χ1) is 12.1. The predicted octanol–water partition coefficient (Wildman–Crippen LogP) is 2.13. The maximum atomic E-state index is 12.5. The third-order valence-corrected chi connectivity index (χ3v) is 5.26. The molecule has 0 saturated carbocycles. The fraction of sp³-hybridized carbons (Fsp3) is 0.389. The van der Waals surface area contributed by atoms with E-state index in [0.717, 1.165) is 13.0 Å². The second kappa shape index (κ2) is 7.76. The number of aromatic nitrogens is 1. The number of nitrogens with two attached hydrogens (primary N) is 1. The number of likely N-dealkylation sites (tertiary alicyclic amines) is 1. The molecule has 132 valence electrons. The largest absolute Gasteiger partial charge is 0.339 e. The molecule has 2 amide bonds. The fourth-order valence-electron chi connectivity index (χ4n) is 3.12. The van der Waals surface area contributed by atoms with Gasteiger partial charge in [-0.05, 0) is 37.9 Å². The minimum atomic E-state index is -0.202. The van der Waals surface area contributed by atoms with Crippen LogP contribution in [0.4, 0.5) is 5.13 Å². The van der Waals surface area contributed by atoms with Crippen LogP contribution >= 0.6 is 11.3 Å². The molecule has 1 aliphatic heterocycles. The molecule has 2 unspecified atom stereocenters. The summed E-state index contributed by atoms with van der Waals surface area (Å²) < 4.78 is 0. The van der Waals surface area contributed by atoms with E-state index < -0.39 is 0 Å². The number of thiazole rings is 1. The van der Waals surface area contributed by atoms with Gasteiger partial charge in [-0.15, -0.1) is 11.3 Å². The lowest BCUT2D eigenvalue weighted by Gasteiger charge is -2.21. The van der Waals surface area contributed by atoms with Crippen LogP contribution in [0.1, 0.15) is 29.4 Å². The van der Waals surface area contributed by atoms with Gasteiger partial charge < -0.3 is 10.6 Å². The van der Waals surface area contributed by atoms with E-state index in [1.54, 1.807) is 12.1 Å². The van der Waals surface area contributed by atoms with Gasteiger partial charge in [0, 0.05) is 23.5 Å². The number of hydrogen-bond donors (Lipinski definition) is 2. The van der Waals surface area contributed by atoms with E-state index in [1.807, 2.05) is 28.5 Å². The second-order valence-corrected chi connectivity index (χ2v) is 7.23. The molecule has 2 heterocycles. The number of hydrogen-bond acceptors (Lipinski definition) is 5. The van der Waals surface area contributed by atoms with E-state index >= 15 is 0 Å². The Morgan fingerprint density at radius 1 is 1.36 bits per heavy atom. The topological polar surface area (TPSA) is 88.3 Å². The molecular weight excluding hydrogens is 336 g/mol. The van der Waals surface area contributed by atoms with Crippen molar-refractivity contribution in [1.29, 1.82) is 0 Å². The zero-order chi connectivity index (χ0) is 17.8. The van der Waals surface area contributed by atoms with Gasteiger partial charge >= 0.3 is 0 Å². The molecule has 3 rings (SSSR count). The van der Waals surface area contributed by atoms with Crippen molar-refractivity contribution in [3.8, 4) is 0 Å².